The van der Waals surface area contributed by atoms with Gasteiger partial charge in [0, 0.05) is 51.1 Å². The Morgan fingerprint density at radius 2 is 1.72 bits per heavy atom. The zero-order valence-corrected chi connectivity index (χ0v) is 16.5. The van der Waals surface area contributed by atoms with Gasteiger partial charge in [0.15, 0.2) is 0 Å². The fourth-order valence-corrected chi connectivity index (χ4v) is 3.18. The van der Waals surface area contributed by atoms with Crippen LogP contribution < -0.4 is 10.2 Å². The molecule has 1 fully saturated rings. The number of hydrogen-bond donors (Lipinski definition) is 1. The highest BCUT2D eigenvalue weighted by Crippen LogP contribution is 2.18. The van der Waals surface area contributed by atoms with Crippen LogP contribution in [0.1, 0.15) is 22.3 Å². The molecular weight excluding hydrogens is 370 g/mol. The molecule has 2 aromatic carbocycles. The van der Waals surface area contributed by atoms with E-state index in [0.29, 0.717) is 38.3 Å². The van der Waals surface area contributed by atoms with Crippen LogP contribution in [0.15, 0.2) is 54.6 Å². The molecule has 2 aromatic rings. The molecule has 0 bridgehead atoms. The molecule has 0 radical (unpaired) electrons. The standard InChI is InChI=1S/C22H25N3O4/c1-29-15-5-12-23-20(26)18-10-8-17(9-11-18)16-24-13-14-25(22(28)21(24)27)19-6-3-2-4-7-19/h2-4,6-11H,5,12-16H2,1H3,(H,23,26). The number of nitrogens with one attached hydrogen (secondary N) is 1. The first-order valence-electron chi connectivity index (χ1n) is 9.62. The Kier molecular flexibility index (Phi) is 6.97. The summed E-state index contributed by atoms with van der Waals surface area (Å²) in [7, 11) is 1.63. The van der Waals surface area contributed by atoms with Gasteiger partial charge in [-0.3, -0.25) is 14.4 Å². The smallest absolute Gasteiger partial charge is 0.316 e. The van der Waals surface area contributed by atoms with Crippen molar-refractivity contribution in [1.29, 1.82) is 0 Å². The predicted molar refractivity (Wildman–Crippen MR) is 109 cm³/mol. The molecule has 29 heavy (non-hydrogen) atoms. The van der Waals surface area contributed by atoms with E-state index in [1.807, 2.05) is 42.5 Å². The minimum Gasteiger partial charge on any atom is -0.385 e. The van der Waals surface area contributed by atoms with E-state index < -0.39 is 11.8 Å². The van der Waals surface area contributed by atoms with Crippen molar-refractivity contribution in [3.8, 4) is 0 Å². The van der Waals surface area contributed by atoms with Crippen LogP contribution in [0.25, 0.3) is 0 Å². The Morgan fingerprint density at radius 3 is 2.41 bits per heavy atom. The summed E-state index contributed by atoms with van der Waals surface area (Å²) in [6.45, 7) is 2.40. The molecule has 1 aliphatic rings. The van der Waals surface area contributed by atoms with Crippen LogP contribution in [0.4, 0.5) is 5.69 Å². The molecule has 0 aliphatic carbocycles. The molecule has 1 N–H and O–H groups in total. The normalized spacial score (nSPS) is 14.2. The van der Waals surface area contributed by atoms with Crippen molar-refractivity contribution in [1.82, 2.24) is 10.2 Å². The molecule has 0 saturated carbocycles. The number of rotatable bonds is 8. The lowest BCUT2D eigenvalue weighted by molar-refractivity contribution is -0.146. The second kappa shape index (κ2) is 9.84. The van der Waals surface area contributed by atoms with E-state index in [1.165, 1.54) is 4.90 Å². The quantitative estimate of drug-likeness (QED) is 0.546. The SMILES string of the molecule is COCCCNC(=O)c1ccc(CN2CCN(c3ccccc3)C(=O)C2=O)cc1. The van der Waals surface area contributed by atoms with Gasteiger partial charge in [0.25, 0.3) is 5.91 Å². The fourth-order valence-electron chi connectivity index (χ4n) is 3.18. The van der Waals surface area contributed by atoms with Crippen LogP contribution in [-0.4, -0.2) is 56.0 Å². The van der Waals surface area contributed by atoms with E-state index in [1.54, 1.807) is 24.1 Å². The van der Waals surface area contributed by atoms with Crippen molar-refractivity contribution >= 4 is 23.4 Å². The lowest BCUT2D eigenvalue weighted by Gasteiger charge is -2.33. The van der Waals surface area contributed by atoms with Gasteiger partial charge < -0.3 is 19.9 Å². The highest BCUT2D eigenvalue weighted by Gasteiger charge is 2.33. The van der Waals surface area contributed by atoms with Crippen LogP contribution in [-0.2, 0) is 20.9 Å². The van der Waals surface area contributed by atoms with Crippen LogP contribution in [0.3, 0.4) is 0 Å². The number of amides is 3. The minimum atomic E-state index is -0.519. The Morgan fingerprint density at radius 1 is 1.00 bits per heavy atom. The number of carbonyl (C=O) groups is 3. The molecule has 1 saturated heterocycles. The van der Waals surface area contributed by atoms with E-state index in [0.717, 1.165) is 17.7 Å². The monoisotopic (exact) mass is 395 g/mol. The van der Waals surface area contributed by atoms with Gasteiger partial charge in [0.2, 0.25) is 0 Å². The third kappa shape index (κ3) is 5.20. The summed E-state index contributed by atoms with van der Waals surface area (Å²) in [5, 5.41) is 2.83. The summed E-state index contributed by atoms with van der Waals surface area (Å²) in [5.74, 6) is -1.18. The molecule has 3 amide bonds. The molecule has 7 heteroatoms. The Bertz CT molecular complexity index is 852. The lowest BCUT2D eigenvalue weighted by atomic mass is 10.1. The van der Waals surface area contributed by atoms with Crippen molar-refractivity contribution in [3.05, 3.63) is 65.7 Å². The van der Waals surface area contributed by atoms with E-state index in [9.17, 15) is 14.4 Å². The molecule has 0 unspecified atom stereocenters. The third-order valence-electron chi connectivity index (χ3n) is 4.78. The maximum Gasteiger partial charge on any atom is 0.316 e. The zero-order chi connectivity index (χ0) is 20.6. The molecule has 1 heterocycles. The van der Waals surface area contributed by atoms with E-state index in [2.05, 4.69) is 5.32 Å². The van der Waals surface area contributed by atoms with Crippen LogP contribution in [0.5, 0.6) is 0 Å². The highest BCUT2D eigenvalue weighted by atomic mass is 16.5. The Hall–Kier alpha value is -3.19. The van der Waals surface area contributed by atoms with E-state index in [-0.39, 0.29) is 5.91 Å². The van der Waals surface area contributed by atoms with Gasteiger partial charge in [0.05, 0.1) is 0 Å². The number of anilines is 1. The van der Waals surface area contributed by atoms with Gasteiger partial charge in [-0.25, -0.2) is 0 Å². The van der Waals surface area contributed by atoms with Crippen molar-refractivity contribution in [2.24, 2.45) is 0 Å². The number of nitrogens with zero attached hydrogens (tertiary/aromatic N) is 2. The van der Waals surface area contributed by atoms with Crippen LogP contribution in [0.2, 0.25) is 0 Å². The van der Waals surface area contributed by atoms with Crippen molar-refractivity contribution in [2.75, 3.05) is 38.3 Å². The summed E-state index contributed by atoms with van der Waals surface area (Å²) >= 11 is 0. The summed E-state index contributed by atoms with van der Waals surface area (Å²) in [4.78, 5) is 40.2. The van der Waals surface area contributed by atoms with E-state index >= 15 is 0 Å². The highest BCUT2D eigenvalue weighted by molar-refractivity contribution is 6.40. The molecule has 0 aromatic heterocycles. The van der Waals surface area contributed by atoms with Crippen LogP contribution in [0, 0.1) is 0 Å². The van der Waals surface area contributed by atoms with Crippen LogP contribution >= 0.6 is 0 Å². The van der Waals surface area contributed by atoms with Gasteiger partial charge in [0.1, 0.15) is 0 Å². The van der Waals surface area contributed by atoms with Gasteiger partial charge >= 0.3 is 11.8 Å². The summed E-state index contributed by atoms with van der Waals surface area (Å²) in [6.07, 6.45) is 0.755. The minimum absolute atomic E-state index is 0.143. The fraction of sp³-hybridized carbons (Fsp3) is 0.318. The van der Waals surface area contributed by atoms with E-state index in [4.69, 9.17) is 4.74 Å². The third-order valence-corrected chi connectivity index (χ3v) is 4.78. The topological polar surface area (TPSA) is 79.0 Å². The largest absolute Gasteiger partial charge is 0.385 e. The summed E-state index contributed by atoms with van der Waals surface area (Å²) in [5.41, 5.74) is 2.16. The summed E-state index contributed by atoms with van der Waals surface area (Å²) < 4.78 is 4.95. The van der Waals surface area contributed by atoms with Gasteiger partial charge in [-0.05, 0) is 36.2 Å². The van der Waals surface area contributed by atoms with Gasteiger partial charge in [-0.2, -0.15) is 0 Å². The van der Waals surface area contributed by atoms with Crippen molar-refractivity contribution < 1.29 is 19.1 Å². The maximum absolute atomic E-state index is 12.5. The van der Waals surface area contributed by atoms with Crippen molar-refractivity contribution in [2.45, 2.75) is 13.0 Å². The first-order chi connectivity index (χ1) is 14.1. The summed E-state index contributed by atoms with van der Waals surface area (Å²) in [6, 6.07) is 16.3. The first-order valence-corrected chi connectivity index (χ1v) is 9.62. The molecule has 7 nitrogen and oxygen atoms in total. The van der Waals surface area contributed by atoms with Crippen molar-refractivity contribution in [3.63, 3.8) is 0 Å². The number of carbonyl (C=O) groups excluding carboxylic acids is 3. The second-order valence-electron chi connectivity index (χ2n) is 6.82. The number of para-hydroxylation sites is 1. The molecule has 1 aliphatic heterocycles. The first kappa shape index (κ1) is 20.5. The second-order valence-corrected chi connectivity index (χ2v) is 6.82. The zero-order valence-electron chi connectivity index (χ0n) is 16.5. The number of benzene rings is 2. The van der Waals surface area contributed by atoms with Gasteiger partial charge in [-0.1, -0.05) is 30.3 Å². The average Bonchev–Trinajstić information content (AvgIpc) is 2.75. The maximum atomic E-state index is 12.5. The molecule has 3 rings (SSSR count). The Balaban J connectivity index is 1.56. The molecule has 152 valence electrons. The van der Waals surface area contributed by atoms with Gasteiger partial charge in [-0.15, -0.1) is 0 Å². The Labute approximate surface area is 170 Å². The lowest BCUT2D eigenvalue weighted by Crippen LogP contribution is -2.54. The average molecular weight is 395 g/mol. The number of hydrogen-bond acceptors (Lipinski definition) is 4. The number of piperazine rings is 1. The molecule has 0 atom stereocenters. The number of ether oxygens (including phenoxy) is 1. The molecular formula is C22H25N3O4. The molecule has 0 spiro atoms. The predicted octanol–water partition coefficient (Wildman–Crippen LogP) is 1.83. The number of methoxy groups -OCH3 is 1.